The van der Waals surface area contributed by atoms with Gasteiger partial charge in [-0.15, -0.1) is 9.24 Å². The van der Waals surface area contributed by atoms with Crippen LogP contribution in [0.4, 0.5) is 0 Å². The highest BCUT2D eigenvalue weighted by molar-refractivity contribution is 7.17. The Morgan fingerprint density at radius 1 is 1.00 bits per heavy atom. The molecule has 2 atom stereocenters. The Kier molecular flexibility index (Phi) is 8.53. The standard InChI is InChI=1S/C21H35P/c1-2-3-9-19-14-16-20(17-15-19)21(22)13-8-7-12-18-10-5-4-6-11-18/h14-18,21H,2-13,22H2,1H3. The fourth-order valence-corrected chi connectivity index (χ4v) is 4.21. The zero-order valence-corrected chi connectivity index (χ0v) is 15.7. The molecule has 1 fully saturated rings. The van der Waals surface area contributed by atoms with E-state index in [2.05, 4.69) is 40.4 Å². The van der Waals surface area contributed by atoms with Crippen LogP contribution in [-0.4, -0.2) is 0 Å². The van der Waals surface area contributed by atoms with Crippen LogP contribution < -0.4 is 0 Å². The Labute approximate surface area is 140 Å². The summed E-state index contributed by atoms with van der Waals surface area (Å²) < 4.78 is 0. The average Bonchev–Trinajstić information content (AvgIpc) is 2.58. The van der Waals surface area contributed by atoms with Crippen LogP contribution in [0.15, 0.2) is 24.3 Å². The summed E-state index contributed by atoms with van der Waals surface area (Å²) in [5, 5.41) is 0. The number of rotatable bonds is 9. The van der Waals surface area contributed by atoms with Crippen molar-refractivity contribution in [1.29, 1.82) is 0 Å². The van der Waals surface area contributed by atoms with Crippen molar-refractivity contribution in [3.8, 4) is 0 Å². The third kappa shape index (κ3) is 6.41. The molecular formula is C21H35P. The summed E-state index contributed by atoms with van der Waals surface area (Å²) in [5.41, 5.74) is 3.65. The van der Waals surface area contributed by atoms with Gasteiger partial charge in [-0.05, 0) is 42.0 Å². The first-order valence-corrected chi connectivity index (χ1v) is 10.3. The topological polar surface area (TPSA) is 0 Å². The number of aryl methyl sites for hydroxylation is 1. The fraction of sp³-hybridized carbons (Fsp3) is 0.714. The molecule has 0 heterocycles. The molecule has 0 nitrogen and oxygen atoms in total. The quantitative estimate of drug-likeness (QED) is 0.337. The van der Waals surface area contributed by atoms with Crippen molar-refractivity contribution < 1.29 is 0 Å². The van der Waals surface area contributed by atoms with Crippen LogP contribution in [0, 0.1) is 5.92 Å². The number of hydrogen-bond donors (Lipinski definition) is 0. The lowest BCUT2D eigenvalue weighted by Gasteiger charge is -2.21. The van der Waals surface area contributed by atoms with Gasteiger partial charge in [-0.1, -0.05) is 89.0 Å². The van der Waals surface area contributed by atoms with E-state index in [4.69, 9.17) is 0 Å². The van der Waals surface area contributed by atoms with Crippen molar-refractivity contribution in [1.82, 2.24) is 0 Å². The number of hydrogen-bond acceptors (Lipinski definition) is 0. The highest BCUT2D eigenvalue weighted by Gasteiger charge is 2.13. The lowest BCUT2D eigenvalue weighted by molar-refractivity contribution is 0.328. The van der Waals surface area contributed by atoms with E-state index >= 15 is 0 Å². The monoisotopic (exact) mass is 318 g/mol. The first-order chi connectivity index (χ1) is 10.8. The van der Waals surface area contributed by atoms with E-state index in [1.54, 1.807) is 0 Å². The van der Waals surface area contributed by atoms with E-state index in [0.717, 1.165) is 5.92 Å². The van der Waals surface area contributed by atoms with E-state index in [-0.39, 0.29) is 0 Å². The molecule has 22 heavy (non-hydrogen) atoms. The third-order valence-corrected chi connectivity index (χ3v) is 6.05. The van der Waals surface area contributed by atoms with Crippen LogP contribution in [0.2, 0.25) is 0 Å². The van der Waals surface area contributed by atoms with E-state index in [1.165, 1.54) is 88.2 Å². The Bertz CT molecular complexity index is 389. The summed E-state index contributed by atoms with van der Waals surface area (Å²) in [7, 11) is 3.06. The van der Waals surface area contributed by atoms with Crippen LogP contribution in [-0.2, 0) is 6.42 Å². The Hall–Kier alpha value is -0.350. The van der Waals surface area contributed by atoms with Crippen LogP contribution in [0.3, 0.4) is 0 Å². The van der Waals surface area contributed by atoms with Crippen molar-refractivity contribution in [2.45, 2.75) is 89.6 Å². The highest BCUT2D eigenvalue weighted by atomic mass is 31.0. The molecule has 2 rings (SSSR count). The van der Waals surface area contributed by atoms with Gasteiger partial charge in [0.25, 0.3) is 0 Å². The summed E-state index contributed by atoms with van der Waals surface area (Å²) in [6.45, 7) is 2.26. The molecule has 1 saturated carbocycles. The second kappa shape index (κ2) is 10.4. The molecule has 0 aliphatic heterocycles. The molecule has 0 bridgehead atoms. The summed E-state index contributed by atoms with van der Waals surface area (Å²) in [5.74, 6) is 1.05. The van der Waals surface area contributed by atoms with Gasteiger partial charge in [-0.3, -0.25) is 0 Å². The summed E-state index contributed by atoms with van der Waals surface area (Å²) in [4.78, 5) is 0. The zero-order valence-electron chi connectivity index (χ0n) is 14.5. The smallest absolute Gasteiger partial charge is 0.00146 e. The van der Waals surface area contributed by atoms with Gasteiger partial charge in [-0.2, -0.15) is 0 Å². The molecule has 0 aromatic heterocycles. The lowest BCUT2D eigenvalue weighted by atomic mass is 9.85. The van der Waals surface area contributed by atoms with Gasteiger partial charge >= 0.3 is 0 Å². The maximum Gasteiger partial charge on any atom is -0.00146 e. The average molecular weight is 318 g/mol. The fourth-order valence-electron chi connectivity index (χ4n) is 3.75. The first-order valence-electron chi connectivity index (χ1n) is 9.64. The Morgan fingerprint density at radius 3 is 2.41 bits per heavy atom. The van der Waals surface area contributed by atoms with Crippen molar-refractivity contribution in [2.24, 2.45) is 5.92 Å². The van der Waals surface area contributed by atoms with Gasteiger partial charge in [0.15, 0.2) is 0 Å². The summed E-state index contributed by atoms with van der Waals surface area (Å²) in [6.07, 6.45) is 16.9. The van der Waals surface area contributed by atoms with Crippen molar-refractivity contribution >= 4 is 9.24 Å². The normalized spacial score (nSPS) is 17.5. The molecule has 1 aromatic carbocycles. The van der Waals surface area contributed by atoms with E-state index in [9.17, 15) is 0 Å². The van der Waals surface area contributed by atoms with Gasteiger partial charge in [-0.25, -0.2) is 0 Å². The molecule has 1 aliphatic rings. The lowest BCUT2D eigenvalue weighted by Crippen LogP contribution is -2.05. The molecule has 0 saturated heterocycles. The molecule has 1 aromatic rings. The van der Waals surface area contributed by atoms with E-state index in [0.29, 0.717) is 5.66 Å². The predicted octanol–water partition coefficient (Wildman–Crippen LogP) is 7.09. The van der Waals surface area contributed by atoms with Gasteiger partial charge in [0.05, 0.1) is 0 Å². The maximum atomic E-state index is 3.06. The first kappa shape index (κ1) is 18.0. The minimum atomic E-state index is 0.645. The molecular weight excluding hydrogens is 283 g/mol. The van der Waals surface area contributed by atoms with Crippen LogP contribution in [0.5, 0.6) is 0 Å². The number of unbranched alkanes of at least 4 members (excludes halogenated alkanes) is 2. The molecule has 1 heteroatoms. The van der Waals surface area contributed by atoms with Gasteiger partial charge in [0.2, 0.25) is 0 Å². The molecule has 1 aliphatic carbocycles. The molecule has 0 spiro atoms. The minimum absolute atomic E-state index is 0.645. The molecule has 124 valence electrons. The van der Waals surface area contributed by atoms with Crippen LogP contribution >= 0.6 is 9.24 Å². The van der Waals surface area contributed by atoms with Crippen molar-refractivity contribution in [3.63, 3.8) is 0 Å². The van der Waals surface area contributed by atoms with Gasteiger partial charge in [0.1, 0.15) is 0 Å². The van der Waals surface area contributed by atoms with Crippen LogP contribution in [0.1, 0.15) is 94.3 Å². The Morgan fingerprint density at radius 2 is 1.73 bits per heavy atom. The Balaban J connectivity index is 1.64. The minimum Gasteiger partial charge on any atom is -0.130 e. The van der Waals surface area contributed by atoms with Crippen molar-refractivity contribution in [2.75, 3.05) is 0 Å². The molecule has 0 radical (unpaired) electrons. The summed E-state index contributed by atoms with van der Waals surface area (Å²) >= 11 is 0. The van der Waals surface area contributed by atoms with Gasteiger partial charge < -0.3 is 0 Å². The highest BCUT2D eigenvalue weighted by Crippen LogP contribution is 2.31. The third-order valence-electron chi connectivity index (χ3n) is 5.33. The number of benzene rings is 1. The largest absolute Gasteiger partial charge is 0.130 e. The van der Waals surface area contributed by atoms with Crippen LogP contribution in [0.25, 0.3) is 0 Å². The molecule has 2 unspecified atom stereocenters. The van der Waals surface area contributed by atoms with E-state index in [1.807, 2.05) is 0 Å². The second-order valence-corrected chi connectivity index (χ2v) is 8.04. The van der Waals surface area contributed by atoms with E-state index < -0.39 is 0 Å². The maximum absolute atomic E-state index is 3.06. The molecule has 0 amide bonds. The van der Waals surface area contributed by atoms with Crippen molar-refractivity contribution in [3.05, 3.63) is 35.4 Å². The van der Waals surface area contributed by atoms with Gasteiger partial charge in [0, 0.05) is 0 Å². The zero-order chi connectivity index (χ0) is 15.6. The summed E-state index contributed by atoms with van der Waals surface area (Å²) in [6, 6.07) is 9.38. The predicted molar refractivity (Wildman–Crippen MR) is 103 cm³/mol. The SMILES string of the molecule is CCCCc1ccc(C(P)CCCCC2CCCCC2)cc1. The second-order valence-electron chi connectivity index (χ2n) is 7.24. The molecule has 0 N–H and O–H groups in total.